The van der Waals surface area contributed by atoms with Crippen molar-refractivity contribution in [3.63, 3.8) is 0 Å². The van der Waals surface area contributed by atoms with Crippen LogP contribution in [0.5, 0.6) is 5.75 Å². The fourth-order valence-corrected chi connectivity index (χ4v) is 2.30. The molecule has 0 amide bonds. The summed E-state index contributed by atoms with van der Waals surface area (Å²) >= 11 is 0. The first-order valence-corrected chi connectivity index (χ1v) is 7.89. The number of hydrogen-bond donors (Lipinski definition) is 0. The van der Waals surface area contributed by atoms with Crippen LogP contribution in [0.1, 0.15) is 15.9 Å². The van der Waals surface area contributed by atoms with Crippen molar-refractivity contribution >= 4 is 16.8 Å². The number of esters is 1. The molecule has 0 spiro atoms. The van der Waals surface area contributed by atoms with Crippen LogP contribution < -0.4 is 4.74 Å². The van der Waals surface area contributed by atoms with Crippen molar-refractivity contribution in [2.75, 3.05) is 13.4 Å². The lowest BCUT2D eigenvalue weighted by Crippen LogP contribution is -2.05. The van der Waals surface area contributed by atoms with E-state index in [1.54, 1.807) is 37.6 Å². The molecule has 0 heterocycles. The van der Waals surface area contributed by atoms with Crippen LogP contribution in [0.4, 0.5) is 0 Å². The van der Waals surface area contributed by atoms with Crippen molar-refractivity contribution in [2.45, 2.75) is 11.5 Å². The highest BCUT2D eigenvalue weighted by molar-refractivity contribution is 7.84. The molecule has 110 valence electrons. The quantitative estimate of drug-likeness (QED) is 0.797. The van der Waals surface area contributed by atoms with Gasteiger partial charge < -0.3 is 9.47 Å². The van der Waals surface area contributed by atoms with E-state index in [-0.39, 0.29) is 6.61 Å². The Kier molecular flexibility index (Phi) is 5.11. The van der Waals surface area contributed by atoms with E-state index in [0.717, 1.165) is 11.3 Å². The van der Waals surface area contributed by atoms with Gasteiger partial charge in [-0.25, -0.2) is 4.79 Å². The Morgan fingerprint density at radius 2 is 1.86 bits per heavy atom. The predicted octanol–water partition coefficient (Wildman–Crippen LogP) is 2.79. The first kappa shape index (κ1) is 15.3. The summed E-state index contributed by atoms with van der Waals surface area (Å²) in [5, 5.41) is 0. The van der Waals surface area contributed by atoms with Gasteiger partial charge in [-0.05, 0) is 42.0 Å². The molecule has 0 saturated heterocycles. The lowest BCUT2D eigenvalue weighted by molar-refractivity contribution is 0.0472. The standard InChI is InChI=1S/C16H16O4S/c1-19-14-5-3-4-12(10-14)11-20-16(17)13-6-8-15(9-7-13)21(2)18/h3-10H,11H2,1-2H3. The average Bonchev–Trinajstić information content (AvgIpc) is 2.53. The van der Waals surface area contributed by atoms with Crippen molar-refractivity contribution in [3.05, 3.63) is 59.7 Å². The van der Waals surface area contributed by atoms with Crippen molar-refractivity contribution in [1.29, 1.82) is 0 Å². The molecule has 0 radical (unpaired) electrons. The number of hydrogen-bond acceptors (Lipinski definition) is 4. The second-order valence-corrected chi connectivity index (χ2v) is 5.79. The Bertz CT molecular complexity index is 650. The van der Waals surface area contributed by atoms with Crippen LogP contribution >= 0.6 is 0 Å². The fourth-order valence-electron chi connectivity index (χ4n) is 1.78. The predicted molar refractivity (Wildman–Crippen MR) is 80.9 cm³/mol. The zero-order chi connectivity index (χ0) is 15.2. The van der Waals surface area contributed by atoms with Crippen LogP contribution in [0.3, 0.4) is 0 Å². The van der Waals surface area contributed by atoms with Crippen LogP contribution in [0.25, 0.3) is 0 Å². The van der Waals surface area contributed by atoms with E-state index < -0.39 is 16.8 Å². The maximum atomic E-state index is 11.9. The van der Waals surface area contributed by atoms with Crippen LogP contribution in [0.15, 0.2) is 53.4 Å². The Morgan fingerprint density at radius 3 is 2.48 bits per heavy atom. The van der Waals surface area contributed by atoms with Gasteiger partial charge in [-0.2, -0.15) is 0 Å². The highest BCUT2D eigenvalue weighted by Crippen LogP contribution is 2.14. The molecule has 0 aliphatic carbocycles. The van der Waals surface area contributed by atoms with Crippen LogP contribution in [0.2, 0.25) is 0 Å². The lowest BCUT2D eigenvalue weighted by Gasteiger charge is -2.07. The third-order valence-corrected chi connectivity index (χ3v) is 3.86. The van der Waals surface area contributed by atoms with E-state index >= 15 is 0 Å². The molecular formula is C16H16O4S. The van der Waals surface area contributed by atoms with Gasteiger partial charge >= 0.3 is 5.97 Å². The molecule has 1 atom stereocenters. The molecule has 2 aromatic rings. The summed E-state index contributed by atoms with van der Waals surface area (Å²) in [5.74, 6) is 0.310. The average molecular weight is 304 g/mol. The van der Waals surface area contributed by atoms with Crippen LogP contribution in [-0.2, 0) is 22.1 Å². The van der Waals surface area contributed by atoms with Crippen molar-refractivity contribution in [2.24, 2.45) is 0 Å². The van der Waals surface area contributed by atoms with E-state index in [4.69, 9.17) is 9.47 Å². The molecule has 0 saturated carbocycles. The van der Waals surface area contributed by atoms with E-state index in [0.29, 0.717) is 10.5 Å². The van der Waals surface area contributed by atoms with Gasteiger partial charge in [0.05, 0.1) is 12.7 Å². The molecule has 1 unspecified atom stereocenters. The smallest absolute Gasteiger partial charge is 0.338 e. The number of benzene rings is 2. The molecule has 0 aliphatic rings. The highest BCUT2D eigenvalue weighted by Gasteiger charge is 2.08. The molecule has 2 aromatic carbocycles. The van der Waals surface area contributed by atoms with Crippen molar-refractivity contribution in [3.8, 4) is 5.75 Å². The minimum Gasteiger partial charge on any atom is -0.497 e. The van der Waals surface area contributed by atoms with Gasteiger partial charge in [-0.3, -0.25) is 4.21 Å². The fraction of sp³-hybridized carbons (Fsp3) is 0.188. The number of rotatable bonds is 5. The Balaban J connectivity index is 1.99. The second kappa shape index (κ2) is 7.04. The molecule has 0 N–H and O–H groups in total. The number of carbonyl (C=O) groups is 1. The molecule has 5 heteroatoms. The number of carbonyl (C=O) groups excluding carboxylic acids is 1. The molecule has 0 fully saturated rings. The lowest BCUT2D eigenvalue weighted by atomic mass is 10.2. The van der Waals surface area contributed by atoms with Crippen LogP contribution in [-0.4, -0.2) is 23.5 Å². The molecule has 2 rings (SSSR count). The van der Waals surface area contributed by atoms with Gasteiger partial charge in [0.15, 0.2) is 0 Å². The van der Waals surface area contributed by atoms with Gasteiger partial charge in [0, 0.05) is 22.0 Å². The molecule has 0 bridgehead atoms. The van der Waals surface area contributed by atoms with E-state index in [1.807, 2.05) is 24.3 Å². The molecular weight excluding hydrogens is 288 g/mol. The molecule has 0 aromatic heterocycles. The van der Waals surface area contributed by atoms with Gasteiger partial charge in [-0.1, -0.05) is 12.1 Å². The monoisotopic (exact) mass is 304 g/mol. The summed E-state index contributed by atoms with van der Waals surface area (Å²) in [6, 6.07) is 13.9. The first-order chi connectivity index (χ1) is 10.1. The third kappa shape index (κ3) is 4.16. The largest absolute Gasteiger partial charge is 0.497 e. The number of methoxy groups -OCH3 is 1. The summed E-state index contributed by atoms with van der Waals surface area (Å²) < 4.78 is 21.6. The maximum Gasteiger partial charge on any atom is 0.338 e. The highest BCUT2D eigenvalue weighted by atomic mass is 32.2. The molecule has 0 aliphatic heterocycles. The van der Waals surface area contributed by atoms with Crippen LogP contribution in [0, 0.1) is 0 Å². The van der Waals surface area contributed by atoms with E-state index in [1.165, 1.54) is 0 Å². The minimum absolute atomic E-state index is 0.178. The third-order valence-electron chi connectivity index (χ3n) is 2.93. The minimum atomic E-state index is -1.05. The van der Waals surface area contributed by atoms with Gasteiger partial charge in [0.1, 0.15) is 12.4 Å². The van der Waals surface area contributed by atoms with Crippen molar-refractivity contribution < 1.29 is 18.5 Å². The van der Waals surface area contributed by atoms with Gasteiger partial charge in [-0.15, -0.1) is 0 Å². The topological polar surface area (TPSA) is 52.6 Å². The summed E-state index contributed by atoms with van der Waals surface area (Å²) in [6.45, 7) is 0.178. The Hall–Kier alpha value is -2.14. The summed E-state index contributed by atoms with van der Waals surface area (Å²) in [5.41, 5.74) is 1.29. The maximum absolute atomic E-state index is 11.9. The zero-order valence-electron chi connectivity index (χ0n) is 11.9. The normalized spacial score (nSPS) is 11.7. The summed E-state index contributed by atoms with van der Waals surface area (Å²) in [4.78, 5) is 12.6. The molecule has 4 nitrogen and oxygen atoms in total. The van der Waals surface area contributed by atoms with Gasteiger partial charge in [0.25, 0.3) is 0 Å². The zero-order valence-corrected chi connectivity index (χ0v) is 12.7. The Morgan fingerprint density at radius 1 is 1.14 bits per heavy atom. The van der Waals surface area contributed by atoms with Crippen molar-refractivity contribution in [1.82, 2.24) is 0 Å². The Labute approximate surface area is 126 Å². The number of ether oxygens (including phenoxy) is 2. The summed E-state index contributed by atoms with van der Waals surface area (Å²) in [6.07, 6.45) is 1.59. The SMILES string of the molecule is COc1cccc(COC(=O)c2ccc(S(C)=O)cc2)c1. The first-order valence-electron chi connectivity index (χ1n) is 6.33. The second-order valence-electron chi connectivity index (χ2n) is 4.41. The van der Waals surface area contributed by atoms with E-state index in [9.17, 15) is 9.00 Å². The van der Waals surface area contributed by atoms with Gasteiger partial charge in [0.2, 0.25) is 0 Å². The van der Waals surface area contributed by atoms with E-state index in [2.05, 4.69) is 0 Å². The summed E-state index contributed by atoms with van der Waals surface area (Å²) in [7, 11) is 0.534. The molecule has 21 heavy (non-hydrogen) atoms.